The van der Waals surface area contributed by atoms with Crippen LogP contribution in [0.5, 0.6) is 0 Å². The highest BCUT2D eigenvalue weighted by Gasteiger charge is 2.47. The molecule has 2 aliphatic heterocycles. The number of hydrogen-bond donors (Lipinski definition) is 0. The van der Waals surface area contributed by atoms with E-state index in [1.807, 2.05) is 0 Å². The summed E-state index contributed by atoms with van der Waals surface area (Å²) in [5.41, 5.74) is 0. The van der Waals surface area contributed by atoms with Crippen LogP contribution in [0.4, 0.5) is 4.79 Å². The predicted molar refractivity (Wildman–Crippen MR) is 66.3 cm³/mol. The second kappa shape index (κ2) is 5.40. The molecule has 104 valence electrons. The first-order chi connectivity index (χ1) is 9.10. The minimum atomic E-state index is -0.568. The van der Waals surface area contributed by atoms with E-state index in [0.29, 0.717) is 13.1 Å². The van der Waals surface area contributed by atoms with Crippen molar-refractivity contribution in [1.29, 1.82) is 0 Å². The summed E-state index contributed by atoms with van der Waals surface area (Å²) in [6.45, 7) is 4.77. The SMILES string of the molecule is C=CCN1C(=O)C2CN(C(=O)COC)CCN2C1=O. The lowest BCUT2D eigenvalue weighted by atomic mass is 10.2. The smallest absolute Gasteiger partial charge is 0.327 e. The number of ether oxygens (including phenoxy) is 1. The number of nitrogens with zero attached hydrogens (tertiary/aromatic N) is 3. The van der Waals surface area contributed by atoms with Crippen LogP contribution in [-0.2, 0) is 14.3 Å². The molecule has 7 heteroatoms. The molecular formula is C12H17N3O4. The molecule has 4 amide bonds. The second-order valence-corrected chi connectivity index (χ2v) is 4.50. The van der Waals surface area contributed by atoms with E-state index in [1.54, 1.807) is 4.90 Å². The molecule has 2 aliphatic rings. The number of amides is 4. The molecule has 1 unspecified atom stereocenters. The van der Waals surface area contributed by atoms with Gasteiger partial charge in [-0.15, -0.1) is 6.58 Å². The molecule has 0 aromatic rings. The Hall–Kier alpha value is -1.89. The average Bonchev–Trinajstić information content (AvgIpc) is 2.64. The molecule has 2 fully saturated rings. The molecule has 0 aromatic heterocycles. The fraction of sp³-hybridized carbons (Fsp3) is 0.583. The molecule has 7 nitrogen and oxygen atoms in total. The second-order valence-electron chi connectivity index (χ2n) is 4.50. The van der Waals surface area contributed by atoms with Crippen molar-refractivity contribution in [3.05, 3.63) is 12.7 Å². The minimum absolute atomic E-state index is 0.00870. The molecule has 0 bridgehead atoms. The fourth-order valence-electron chi connectivity index (χ4n) is 2.39. The van der Waals surface area contributed by atoms with Gasteiger partial charge in [0.2, 0.25) is 5.91 Å². The molecule has 1 atom stereocenters. The van der Waals surface area contributed by atoms with Gasteiger partial charge in [0.25, 0.3) is 5.91 Å². The topological polar surface area (TPSA) is 70.2 Å². The van der Waals surface area contributed by atoms with E-state index in [0.717, 1.165) is 0 Å². The summed E-state index contributed by atoms with van der Waals surface area (Å²) < 4.78 is 4.80. The number of imide groups is 1. The number of methoxy groups -OCH3 is 1. The van der Waals surface area contributed by atoms with Crippen LogP contribution in [0, 0.1) is 0 Å². The van der Waals surface area contributed by atoms with Gasteiger partial charge in [0, 0.05) is 26.7 Å². The summed E-state index contributed by atoms with van der Waals surface area (Å²) in [4.78, 5) is 40.1. The van der Waals surface area contributed by atoms with Crippen LogP contribution in [0.2, 0.25) is 0 Å². The molecule has 2 saturated heterocycles. The van der Waals surface area contributed by atoms with Crippen molar-refractivity contribution < 1.29 is 19.1 Å². The highest BCUT2D eigenvalue weighted by atomic mass is 16.5. The Balaban J connectivity index is 2.08. The van der Waals surface area contributed by atoms with Gasteiger partial charge in [0.1, 0.15) is 12.6 Å². The largest absolute Gasteiger partial charge is 0.375 e. The van der Waals surface area contributed by atoms with Gasteiger partial charge in [-0.05, 0) is 0 Å². The van der Waals surface area contributed by atoms with Crippen molar-refractivity contribution in [2.24, 2.45) is 0 Å². The van der Waals surface area contributed by atoms with E-state index in [-0.39, 0.29) is 37.5 Å². The number of hydrogen-bond acceptors (Lipinski definition) is 4. The molecule has 0 N–H and O–H groups in total. The van der Waals surface area contributed by atoms with Crippen molar-refractivity contribution in [3.8, 4) is 0 Å². The molecule has 2 rings (SSSR count). The third-order valence-corrected chi connectivity index (χ3v) is 3.34. The zero-order valence-electron chi connectivity index (χ0n) is 10.9. The summed E-state index contributed by atoms with van der Waals surface area (Å²) in [5.74, 6) is -0.426. The van der Waals surface area contributed by atoms with E-state index in [2.05, 4.69) is 6.58 Å². The number of fused-ring (bicyclic) bond motifs is 1. The first-order valence-electron chi connectivity index (χ1n) is 6.09. The van der Waals surface area contributed by atoms with Gasteiger partial charge < -0.3 is 14.5 Å². The summed E-state index contributed by atoms with van der Waals surface area (Å²) in [7, 11) is 1.45. The van der Waals surface area contributed by atoms with Gasteiger partial charge in [-0.2, -0.15) is 0 Å². The number of rotatable bonds is 4. The average molecular weight is 267 g/mol. The number of carbonyl (C=O) groups is 3. The molecule has 0 aromatic carbocycles. The van der Waals surface area contributed by atoms with Crippen LogP contribution in [0.1, 0.15) is 0 Å². The summed E-state index contributed by atoms with van der Waals surface area (Å²) >= 11 is 0. The maximum Gasteiger partial charge on any atom is 0.327 e. The van der Waals surface area contributed by atoms with Crippen LogP contribution < -0.4 is 0 Å². The molecule has 0 radical (unpaired) electrons. The van der Waals surface area contributed by atoms with Gasteiger partial charge in [-0.3, -0.25) is 14.5 Å². The van der Waals surface area contributed by atoms with E-state index in [1.165, 1.54) is 23.0 Å². The first kappa shape index (κ1) is 13.5. The standard InChI is InChI=1S/C12H17N3O4/c1-3-4-15-11(17)9-7-13(10(16)8-19-2)5-6-14(9)12(15)18/h3,9H,1,4-8H2,2H3. The summed E-state index contributed by atoms with van der Waals surface area (Å²) in [6.07, 6.45) is 1.52. The van der Waals surface area contributed by atoms with Gasteiger partial charge in [0.05, 0.1) is 6.54 Å². The molecule has 0 aliphatic carbocycles. The Morgan fingerprint density at radius 1 is 1.47 bits per heavy atom. The molecule has 2 heterocycles. The lowest BCUT2D eigenvalue weighted by molar-refractivity contribution is -0.139. The zero-order valence-corrected chi connectivity index (χ0v) is 10.9. The normalized spacial score (nSPS) is 22.8. The lowest BCUT2D eigenvalue weighted by Gasteiger charge is -2.35. The van der Waals surface area contributed by atoms with Crippen molar-refractivity contribution in [2.45, 2.75) is 6.04 Å². The van der Waals surface area contributed by atoms with Gasteiger partial charge >= 0.3 is 6.03 Å². The Bertz CT molecular complexity index is 423. The monoisotopic (exact) mass is 267 g/mol. The van der Waals surface area contributed by atoms with Gasteiger partial charge in [0.15, 0.2) is 0 Å². The van der Waals surface area contributed by atoms with Crippen molar-refractivity contribution in [2.75, 3.05) is 39.9 Å². The van der Waals surface area contributed by atoms with Crippen LogP contribution in [0.3, 0.4) is 0 Å². The number of piperazine rings is 1. The van der Waals surface area contributed by atoms with Crippen LogP contribution in [-0.4, -0.2) is 78.5 Å². The fourth-order valence-corrected chi connectivity index (χ4v) is 2.39. The lowest BCUT2D eigenvalue weighted by Crippen LogP contribution is -2.55. The van der Waals surface area contributed by atoms with Crippen molar-refractivity contribution in [1.82, 2.24) is 14.7 Å². The predicted octanol–water partition coefficient (Wildman–Crippen LogP) is -0.706. The molecule has 0 spiro atoms. The van der Waals surface area contributed by atoms with E-state index in [9.17, 15) is 14.4 Å². The highest BCUT2D eigenvalue weighted by molar-refractivity contribution is 6.05. The molecular weight excluding hydrogens is 250 g/mol. The number of carbonyl (C=O) groups excluding carboxylic acids is 3. The third kappa shape index (κ3) is 2.33. The Morgan fingerprint density at radius 3 is 2.84 bits per heavy atom. The highest BCUT2D eigenvalue weighted by Crippen LogP contribution is 2.21. The summed E-state index contributed by atoms with van der Waals surface area (Å²) in [5, 5.41) is 0. The first-order valence-corrected chi connectivity index (χ1v) is 6.09. The van der Waals surface area contributed by atoms with Crippen LogP contribution in [0.25, 0.3) is 0 Å². The quantitative estimate of drug-likeness (QED) is 0.498. The Labute approximate surface area is 111 Å². The van der Waals surface area contributed by atoms with E-state index >= 15 is 0 Å². The van der Waals surface area contributed by atoms with E-state index < -0.39 is 6.04 Å². The molecule has 0 saturated carbocycles. The van der Waals surface area contributed by atoms with Gasteiger partial charge in [-0.25, -0.2) is 4.79 Å². The Morgan fingerprint density at radius 2 is 2.21 bits per heavy atom. The van der Waals surface area contributed by atoms with Crippen molar-refractivity contribution >= 4 is 17.8 Å². The van der Waals surface area contributed by atoms with Gasteiger partial charge in [-0.1, -0.05) is 6.08 Å². The maximum absolute atomic E-state index is 12.1. The maximum atomic E-state index is 12.1. The zero-order chi connectivity index (χ0) is 14.0. The van der Waals surface area contributed by atoms with E-state index in [4.69, 9.17) is 4.74 Å². The molecule has 19 heavy (non-hydrogen) atoms. The number of urea groups is 1. The summed E-state index contributed by atoms with van der Waals surface area (Å²) in [6, 6.07) is -0.865. The van der Waals surface area contributed by atoms with Crippen molar-refractivity contribution in [3.63, 3.8) is 0 Å². The van der Waals surface area contributed by atoms with Crippen LogP contribution >= 0.6 is 0 Å². The van der Waals surface area contributed by atoms with Crippen LogP contribution in [0.15, 0.2) is 12.7 Å². The minimum Gasteiger partial charge on any atom is -0.375 e. The third-order valence-electron chi connectivity index (χ3n) is 3.34. The Kier molecular flexibility index (Phi) is 3.84.